The van der Waals surface area contributed by atoms with Crippen LogP contribution in [0.4, 0.5) is 0 Å². The fourth-order valence-corrected chi connectivity index (χ4v) is 30.2. The van der Waals surface area contributed by atoms with Crippen molar-refractivity contribution in [1.82, 2.24) is 9.97 Å². The number of hydrogen-bond donors (Lipinski definition) is 0. The molecule has 24 aromatic carbocycles. The van der Waals surface area contributed by atoms with Crippen LogP contribution in [0.3, 0.4) is 0 Å². The number of hydrogen-bond acceptors (Lipinski definition) is 4. The van der Waals surface area contributed by atoms with Crippen LogP contribution < -0.4 is 0 Å². The lowest BCUT2D eigenvalue weighted by Crippen LogP contribution is -2.26. The van der Waals surface area contributed by atoms with Crippen molar-refractivity contribution < 1.29 is 4.42 Å². The normalized spacial score (nSPS) is 15.8. The number of benzene rings is 24. The van der Waals surface area contributed by atoms with Crippen LogP contribution in [0.15, 0.2) is 490 Å². The van der Waals surface area contributed by atoms with Crippen molar-refractivity contribution in [1.29, 1.82) is 0 Å². The molecule has 0 radical (unpaired) electrons. The van der Waals surface area contributed by atoms with Gasteiger partial charge in [0.15, 0.2) is 5.82 Å². The summed E-state index contributed by atoms with van der Waals surface area (Å²) in [6, 6.07) is 181. The zero-order valence-corrected chi connectivity index (χ0v) is 80.2. The molecule has 4 heteroatoms. The van der Waals surface area contributed by atoms with Gasteiger partial charge in [-0.25, -0.2) is 9.97 Å². The monoisotopic (exact) mass is 1870 g/mol. The molecule has 3 spiro atoms. The number of furan rings is 1. The van der Waals surface area contributed by atoms with Gasteiger partial charge in [-0.2, -0.15) is 0 Å². The first-order valence-corrected chi connectivity index (χ1v) is 52.0. The lowest BCUT2D eigenvalue weighted by atomic mass is 9.70. The maximum absolute atomic E-state index is 6.23. The van der Waals surface area contributed by atoms with E-state index < -0.39 is 16.2 Å². The van der Waals surface area contributed by atoms with E-state index in [1.165, 1.54) is 275 Å². The molecule has 0 saturated heterocycles. The van der Waals surface area contributed by atoms with Crippen molar-refractivity contribution in [2.45, 2.75) is 16.2 Å². The summed E-state index contributed by atoms with van der Waals surface area (Å²) in [6.07, 6.45) is 0. The van der Waals surface area contributed by atoms with E-state index in [0.29, 0.717) is 0 Å². The zero-order valence-electron chi connectivity index (χ0n) is 79.4. The third-order valence-electron chi connectivity index (χ3n) is 34.5. The molecule has 27 aromatic rings. The summed E-state index contributed by atoms with van der Waals surface area (Å²) in [5, 5.41) is 14.2. The van der Waals surface area contributed by atoms with Gasteiger partial charge >= 0.3 is 0 Å². The number of nitrogens with zero attached hydrogens (tertiary/aromatic N) is 2. The molecule has 36 rings (SSSR count). The lowest BCUT2D eigenvalue weighted by Gasteiger charge is -2.31. The summed E-state index contributed by atoms with van der Waals surface area (Å²) >= 11 is 1.88. The van der Waals surface area contributed by atoms with Crippen molar-refractivity contribution in [2.24, 2.45) is 0 Å². The highest BCUT2D eigenvalue weighted by molar-refractivity contribution is 7.25. The summed E-state index contributed by atoms with van der Waals surface area (Å²) in [7, 11) is 0. The Hall–Kier alpha value is -18.6. The maximum Gasteiger partial charge on any atom is 0.161 e. The number of thiophene rings is 1. The standard InChI is InChI=1S/C49H28N2.C47H26O.C47H26S/c1-2-14-29(15-3-1)47-35-20-8-11-27-43(35)50-48(51-47)37-23-13-26-41-46(37)34-19-7-10-25-40(34)49(41)39-24-9-6-18-33(39)45-36-22-12-21-32-30-16-4-5-17-31(30)38(44(32)36)28-42(45)49;2*1-2-12-30-29(11-1)32-17-9-18-35-44(32)37(30)26-41-46(35)34-15-4-7-20-39(34)47(41)38-19-6-3-14-33(38)45-28(16-10-21-40(45)47)27-23-24-43-36(25-27)31-13-5-8-22-42(31)48-43/h1-28H;2*1-26H. The molecule has 3 unspecified atom stereocenters. The van der Waals surface area contributed by atoms with Crippen molar-refractivity contribution >= 4 is 96.7 Å². The molecular formula is C143H80N2OS. The van der Waals surface area contributed by atoms with Gasteiger partial charge in [0, 0.05) is 47.5 Å². The molecule has 9 aliphatic carbocycles. The smallest absolute Gasteiger partial charge is 0.161 e. The summed E-state index contributed by atoms with van der Waals surface area (Å²) in [5.41, 5.74) is 57.9. The van der Waals surface area contributed by atoms with Gasteiger partial charge in [-0.15, -0.1) is 11.3 Å². The highest BCUT2D eigenvalue weighted by atomic mass is 32.1. The molecule has 9 aliphatic rings. The Bertz CT molecular complexity index is 10300. The Labute approximate surface area is 851 Å². The second-order valence-corrected chi connectivity index (χ2v) is 42.1. The number of fused-ring (bicyclic) bond motifs is 49. The first-order chi connectivity index (χ1) is 73.0. The summed E-state index contributed by atoms with van der Waals surface area (Å²) < 4.78 is 8.92. The van der Waals surface area contributed by atoms with Crippen molar-refractivity contribution in [3.05, 3.63) is 552 Å². The number of rotatable bonds is 4. The van der Waals surface area contributed by atoms with Crippen LogP contribution in [-0.4, -0.2) is 9.97 Å². The van der Waals surface area contributed by atoms with Gasteiger partial charge < -0.3 is 4.42 Å². The largest absolute Gasteiger partial charge is 0.456 e. The Morgan fingerprint density at radius 3 is 0.925 bits per heavy atom. The fraction of sp³-hybridized carbons (Fsp3) is 0.0210. The van der Waals surface area contributed by atoms with E-state index in [0.717, 1.165) is 55.5 Å². The molecule has 0 aliphatic heterocycles. The number of aromatic nitrogens is 2. The highest BCUT2D eigenvalue weighted by Gasteiger charge is 2.58. The van der Waals surface area contributed by atoms with Crippen LogP contribution in [0.25, 0.3) is 264 Å². The Morgan fingerprint density at radius 2 is 0.469 bits per heavy atom. The zero-order chi connectivity index (χ0) is 95.5. The minimum Gasteiger partial charge on any atom is -0.456 e. The Balaban J connectivity index is 0.0000000945. The minimum absolute atomic E-state index is 0.411. The van der Waals surface area contributed by atoms with E-state index in [1.807, 2.05) is 17.4 Å². The third kappa shape index (κ3) is 10.2. The fourth-order valence-electron chi connectivity index (χ4n) is 29.1. The molecule has 3 atom stereocenters. The topological polar surface area (TPSA) is 38.9 Å². The van der Waals surface area contributed by atoms with Gasteiger partial charge in [0.1, 0.15) is 11.2 Å². The average Bonchev–Trinajstić information content (AvgIpc) is 1.50. The van der Waals surface area contributed by atoms with Crippen LogP contribution in [0, 0.1) is 0 Å². The van der Waals surface area contributed by atoms with Gasteiger partial charge in [0.2, 0.25) is 0 Å². The molecule has 0 amide bonds. The van der Waals surface area contributed by atoms with Gasteiger partial charge in [-0.1, -0.05) is 425 Å². The number of para-hydroxylation sites is 2. The first kappa shape index (κ1) is 80.0. The van der Waals surface area contributed by atoms with E-state index in [1.54, 1.807) is 0 Å². The minimum atomic E-state index is -0.495. The SMILES string of the molecule is c1ccc(-c2nc(-c3cccc4c3-c3ccccc3C43c4ccccc4-c4c3cc3c5c(cccc45)-c4ccccc4-3)nc3ccccc23)cc1.c1ccc2c(c1)-c1cccc3c4c(cc-2c13)C1(c2ccccc2-c2c(-c3ccc5oc6ccccc6c5c3)cccc21)c1ccccc1-4.c1ccc2c(c1)-c1cccc3c4c(cc-2c13)C1(c2ccccc2-c2c(-c3ccc5sc6ccccc6c5c3)cccc21)c1ccccc1-4. The van der Waals surface area contributed by atoms with Crippen LogP contribution in [0.2, 0.25) is 0 Å². The Morgan fingerprint density at radius 1 is 0.163 bits per heavy atom. The first-order valence-electron chi connectivity index (χ1n) is 51.2. The van der Waals surface area contributed by atoms with Crippen molar-refractivity contribution in [3.63, 3.8) is 0 Å². The quantitative estimate of drug-likeness (QED) is 0.176. The summed E-state index contributed by atoms with van der Waals surface area (Å²) in [4.78, 5) is 10.7. The predicted molar refractivity (Wildman–Crippen MR) is 609 cm³/mol. The van der Waals surface area contributed by atoms with Gasteiger partial charge in [0.25, 0.3) is 0 Å². The second-order valence-electron chi connectivity index (χ2n) is 41.0. The van der Waals surface area contributed by atoms with Gasteiger partial charge in [-0.3, -0.25) is 0 Å². The van der Waals surface area contributed by atoms with Crippen LogP contribution >= 0.6 is 11.3 Å². The molecule has 0 fully saturated rings. The molecule has 147 heavy (non-hydrogen) atoms. The maximum atomic E-state index is 6.23. The summed E-state index contributed by atoms with van der Waals surface area (Å²) in [5.74, 6) is 0.749. The molecular weight excluding hydrogens is 1790 g/mol. The van der Waals surface area contributed by atoms with E-state index in [-0.39, 0.29) is 0 Å². The molecule has 3 aromatic heterocycles. The molecule has 0 bridgehead atoms. The second kappa shape index (κ2) is 29.3. The van der Waals surface area contributed by atoms with Gasteiger partial charge in [-0.05, 0) is 316 Å². The molecule has 0 N–H and O–H groups in total. The van der Waals surface area contributed by atoms with Crippen LogP contribution in [-0.2, 0) is 16.2 Å². The summed E-state index contributed by atoms with van der Waals surface area (Å²) in [6.45, 7) is 0. The van der Waals surface area contributed by atoms with E-state index >= 15 is 0 Å². The van der Waals surface area contributed by atoms with Crippen LogP contribution in [0.1, 0.15) is 66.8 Å². The van der Waals surface area contributed by atoms with Crippen molar-refractivity contribution in [2.75, 3.05) is 0 Å². The predicted octanol–water partition coefficient (Wildman–Crippen LogP) is 37.4. The molecule has 0 saturated carbocycles. The molecule has 3 heterocycles. The van der Waals surface area contributed by atoms with E-state index in [2.05, 4.69) is 479 Å². The highest BCUT2D eigenvalue weighted by Crippen LogP contribution is 2.72. The third-order valence-corrected chi connectivity index (χ3v) is 35.6. The average molecular weight is 1870 g/mol. The molecule has 3 nitrogen and oxygen atoms in total. The molecule has 674 valence electrons. The van der Waals surface area contributed by atoms with Crippen molar-refractivity contribution in [3.8, 4) is 178 Å². The van der Waals surface area contributed by atoms with E-state index in [9.17, 15) is 0 Å². The van der Waals surface area contributed by atoms with Crippen LogP contribution in [0.5, 0.6) is 0 Å². The Kier molecular flexibility index (Phi) is 16.0. The lowest BCUT2D eigenvalue weighted by molar-refractivity contribution is 0.669. The van der Waals surface area contributed by atoms with E-state index in [4.69, 9.17) is 14.4 Å². The van der Waals surface area contributed by atoms with Gasteiger partial charge in [0.05, 0.1) is 27.5 Å².